The highest BCUT2D eigenvalue weighted by molar-refractivity contribution is 5.76. The maximum absolute atomic E-state index is 10.9. The van der Waals surface area contributed by atoms with Gasteiger partial charge in [0.2, 0.25) is 23.1 Å². The molecule has 224 valence electrons. The molecule has 6 atom stereocenters. The molecule has 14 nitrogen and oxygen atoms in total. The second-order valence-electron chi connectivity index (χ2n) is 10.6. The molecule has 2 saturated carbocycles. The lowest BCUT2D eigenvalue weighted by Gasteiger charge is -2.43. The molecule has 0 heterocycles. The summed E-state index contributed by atoms with van der Waals surface area (Å²) >= 11 is 0. The summed E-state index contributed by atoms with van der Waals surface area (Å²) in [4.78, 5) is 59.5. The summed E-state index contributed by atoms with van der Waals surface area (Å²) in [6, 6.07) is 0. The fourth-order valence-electron chi connectivity index (χ4n) is 4.50. The monoisotopic (exact) mass is 556 g/mol. The molecule has 0 saturated heterocycles. The Bertz CT molecular complexity index is 677. The molecular weight excluding hydrogens is 512 g/mol. The van der Waals surface area contributed by atoms with Crippen LogP contribution in [0.3, 0.4) is 0 Å². The van der Waals surface area contributed by atoms with E-state index in [2.05, 4.69) is 19.6 Å². The van der Waals surface area contributed by atoms with Crippen molar-refractivity contribution in [3.63, 3.8) is 0 Å². The van der Waals surface area contributed by atoms with Crippen LogP contribution in [0.25, 0.3) is 0 Å². The van der Waals surface area contributed by atoms with Crippen LogP contribution in [0.2, 0.25) is 0 Å². The molecule has 0 radical (unpaired) electrons. The van der Waals surface area contributed by atoms with Crippen LogP contribution in [-0.2, 0) is 48.7 Å². The van der Waals surface area contributed by atoms with Gasteiger partial charge < -0.3 is 0 Å². The van der Waals surface area contributed by atoms with E-state index in [0.717, 1.165) is 38.5 Å². The average Bonchev–Trinajstić information content (AvgIpc) is 2.88. The van der Waals surface area contributed by atoms with E-state index in [1.54, 1.807) is 0 Å². The number of ketones is 2. The van der Waals surface area contributed by atoms with E-state index < -0.39 is 23.1 Å². The number of hydrogen-bond donors (Lipinski definition) is 4. The Hall–Kier alpha value is -1.14. The van der Waals surface area contributed by atoms with Gasteiger partial charge in [-0.25, -0.2) is 40.6 Å². The van der Waals surface area contributed by atoms with E-state index in [0.29, 0.717) is 12.8 Å². The average molecular weight is 557 g/mol. The molecule has 14 heteroatoms. The van der Waals surface area contributed by atoms with Crippen LogP contribution in [0.5, 0.6) is 0 Å². The minimum absolute atomic E-state index is 0.0101. The van der Waals surface area contributed by atoms with Crippen LogP contribution in [0.15, 0.2) is 0 Å². The van der Waals surface area contributed by atoms with Crippen LogP contribution in [-0.4, -0.2) is 55.7 Å². The quantitative estimate of drug-likeness (QED) is 0.127. The molecule has 2 aliphatic carbocycles. The third-order valence-corrected chi connectivity index (χ3v) is 6.88. The van der Waals surface area contributed by atoms with Gasteiger partial charge in [0.25, 0.3) is 0 Å². The zero-order valence-corrected chi connectivity index (χ0v) is 23.1. The van der Waals surface area contributed by atoms with Gasteiger partial charge in [0.05, 0.1) is 12.8 Å². The second-order valence-corrected chi connectivity index (χ2v) is 10.6. The summed E-state index contributed by atoms with van der Waals surface area (Å²) in [6.07, 6.45) is 6.26. The van der Waals surface area contributed by atoms with Crippen LogP contribution in [0.4, 0.5) is 0 Å². The lowest BCUT2D eigenvalue weighted by Crippen LogP contribution is -2.50. The third-order valence-electron chi connectivity index (χ3n) is 6.88. The fourth-order valence-corrected chi connectivity index (χ4v) is 4.50. The maximum atomic E-state index is 10.9. The summed E-state index contributed by atoms with van der Waals surface area (Å²) in [5, 5.41) is 35.8. The predicted octanol–water partition coefficient (Wildman–Crippen LogP) is 5.03. The molecule has 0 bridgehead atoms. The predicted molar refractivity (Wildman–Crippen MR) is 127 cm³/mol. The van der Waals surface area contributed by atoms with Gasteiger partial charge in [-0.1, -0.05) is 26.7 Å². The number of carbonyl (C=O) groups excluding carboxylic acids is 2. The van der Waals surface area contributed by atoms with Gasteiger partial charge in [-0.05, 0) is 53.4 Å². The Morgan fingerprint density at radius 3 is 1.29 bits per heavy atom. The van der Waals surface area contributed by atoms with Gasteiger partial charge in [-0.3, -0.25) is 9.59 Å². The fraction of sp³-hybridized carbons (Fsp3) is 0.917. The van der Waals surface area contributed by atoms with Gasteiger partial charge in [0.1, 0.15) is 11.6 Å². The van der Waals surface area contributed by atoms with Crippen molar-refractivity contribution in [2.24, 2.45) is 11.8 Å². The highest BCUT2D eigenvalue weighted by atomic mass is 17.3. The SMILES string of the molecule is CC(=O)CC(C)(OO)OOC(C)(CC(C)=O)OO.CC1CCCCC1(OO)OOC1(OO)CCCCC1C. The summed E-state index contributed by atoms with van der Waals surface area (Å²) in [5.74, 6) is -6.49. The van der Waals surface area contributed by atoms with Gasteiger partial charge >= 0.3 is 0 Å². The molecule has 0 aromatic carbocycles. The van der Waals surface area contributed by atoms with E-state index in [9.17, 15) is 20.1 Å². The lowest BCUT2D eigenvalue weighted by atomic mass is 9.84. The first-order valence-corrected chi connectivity index (χ1v) is 12.8. The highest BCUT2D eigenvalue weighted by Crippen LogP contribution is 2.42. The van der Waals surface area contributed by atoms with Gasteiger partial charge in [-0.2, -0.15) is 19.6 Å². The molecule has 4 N–H and O–H groups in total. The molecule has 38 heavy (non-hydrogen) atoms. The first-order chi connectivity index (χ1) is 17.7. The summed E-state index contributed by atoms with van der Waals surface area (Å²) in [6.45, 7) is 8.90. The minimum atomic E-state index is -1.76. The smallest absolute Gasteiger partial charge is 0.237 e. The van der Waals surface area contributed by atoms with E-state index in [4.69, 9.17) is 30.1 Å². The molecule has 0 spiro atoms. The van der Waals surface area contributed by atoms with E-state index >= 15 is 0 Å². The highest BCUT2D eigenvalue weighted by Gasteiger charge is 2.49. The third kappa shape index (κ3) is 10.1. The van der Waals surface area contributed by atoms with Crippen molar-refractivity contribution >= 4 is 11.6 Å². The first-order valence-electron chi connectivity index (χ1n) is 12.8. The summed E-state index contributed by atoms with van der Waals surface area (Å²) in [7, 11) is 0. The van der Waals surface area contributed by atoms with Crippen molar-refractivity contribution in [3.05, 3.63) is 0 Å². The molecule has 0 amide bonds. The van der Waals surface area contributed by atoms with Crippen LogP contribution in [0, 0.1) is 11.8 Å². The molecular formula is C24H44O14. The number of rotatable bonds is 14. The van der Waals surface area contributed by atoms with Crippen molar-refractivity contribution in [3.8, 4) is 0 Å². The molecule has 6 unspecified atom stereocenters. The van der Waals surface area contributed by atoms with E-state index in [-0.39, 0.29) is 36.2 Å². The lowest BCUT2D eigenvalue weighted by molar-refractivity contribution is -0.589. The number of hydrogen-bond acceptors (Lipinski definition) is 14. The molecule has 0 aromatic rings. The van der Waals surface area contributed by atoms with Gasteiger partial charge in [0.15, 0.2) is 0 Å². The topological polar surface area (TPSA) is 189 Å². The van der Waals surface area contributed by atoms with Crippen LogP contribution in [0.1, 0.15) is 106 Å². The van der Waals surface area contributed by atoms with Crippen molar-refractivity contribution in [2.75, 3.05) is 0 Å². The molecule has 2 aliphatic rings. The summed E-state index contributed by atoms with van der Waals surface area (Å²) < 4.78 is 0. The van der Waals surface area contributed by atoms with Crippen LogP contribution < -0.4 is 0 Å². The Labute approximate surface area is 222 Å². The van der Waals surface area contributed by atoms with Crippen molar-refractivity contribution in [1.82, 2.24) is 0 Å². The Morgan fingerprint density at radius 1 is 0.711 bits per heavy atom. The maximum Gasteiger partial charge on any atom is 0.237 e. The Kier molecular flexibility index (Phi) is 14.3. The van der Waals surface area contributed by atoms with E-state index in [1.165, 1.54) is 27.7 Å². The zero-order chi connectivity index (χ0) is 29.0. The Balaban J connectivity index is 0.000000383. The Morgan fingerprint density at radius 2 is 1.05 bits per heavy atom. The van der Waals surface area contributed by atoms with Crippen molar-refractivity contribution in [2.45, 2.75) is 129 Å². The number of Topliss-reactive ketones (excluding diaryl/α,β-unsaturated/α-hetero) is 2. The number of carbonyl (C=O) groups is 2. The van der Waals surface area contributed by atoms with E-state index in [1.807, 2.05) is 13.8 Å². The van der Waals surface area contributed by atoms with Gasteiger partial charge in [-0.15, -0.1) is 0 Å². The van der Waals surface area contributed by atoms with Crippen molar-refractivity contribution in [1.29, 1.82) is 0 Å². The molecule has 2 fully saturated rings. The standard InChI is InChI=1S/C14H26O6.C10H18O8/c1-11-7-3-5-9-13(11,17-15)19-20-14(18-16)10-6-4-8-12(14)2;1-7(11)5-9(3,15-13)17-18-10(4,16-14)6-8(2)12/h11-12,15-16H,3-10H2,1-2H3;13-14H,5-6H2,1-4H3. The minimum Gasteiger partial charge on any atom is -0.300 e. The molecule has 0 aromatic heterocycles. The normalized spacial score (nSPS) is 30.9. The van der Waals surface area contributed by atoms with Crippen LogP contribution >= 0.6 is 0 Å². The summed E-state index contributed by atoms with van der Waals surface area (Å²) in [5.41, 5.74) is 0. The second kappa shape index (κ2) is 15.6. The molecule has 2 rings (SSSR count). The zero-order valence-electron chi connectivity index (χ0n) is 23.1. The van der Waals surface area contributed by atoms with Gasteiger partial charge in [0, 0.05) is 24.7 Å². The van der Waals surface area contributed by atoms with Crippen molar-refractivity contribution < 1.29 is 69.7 Å². The largest absolute Gasteiger partial charge is 0.300 e. The molecule has 0 aliphatic heterocycles. The first kappa shape index (κ1) is 34.9.